The summed E-state index contributed by atoms with van der Waals surface area (Å²) >= 11 is 0. The molecule has 0 fully saturated rings. The van der Waals surface area contributed by atoms with Crippen molar-refractivity contribution in [2.24, 2.45) is 7.05 Å². The molecule has 21 heavy (non-hydrogen) atoms. The highest BCUT2D eigenvalue weighted by molar-refractivity contribution is 6.09. The van der Waals surface area contributed by atoms with Crippen LogP contribution < -0.4 is 5.32 Å². The molecule has 8 heteroatoms. The lowest BCUT2D eigenvalue weighted by atomic mass is 10.2. The minimum absolute atomic E-state index is 0.0131. The predicted octanol–water partition coefficient (Wildman–Crippen LogP) is 1.46. The highest BCUT2D eigenvalue weighted by Gasteiger charge is 2.22. The van der Waals surface area contributed by atoms with Gasteiger partial charge in [0.05, 0.1) is 17.5 Å². The van der Waals surface area contributed by atoms with E-state index < -0.39 is 11.9 Å². The van der Waals surface area contributed by atoms with Crippen molar-refractivity contribution in [2.45, 2.75) is 26.8 Å². The Labute approximate surface area is 121 Å². The quantitative estimate of drug-likeness (QED) is 0.887. The Bertz CT molecular complexity index is 699. The molecule has 2 rings (SSSR count). The van der Waals surface area contributed by atoms with Crippen LogP contribution in [0.4, 0.5) is 5.82 Å². The first-order chi connectivity index (χ1) is 9.81. The minimum atomic E-state index is -1.20. The molecule has 0 atom stereocenters. The lowest BCUT2D eigenvalue weighted by Gasteiger charge is -2.11. The van der Waals surface area contributed by atoms with Crippen molar-refractivity contribution >= 4 is 17.7 Å². The summed E-state index contributed by atoms with van der Waals surface area (Å²) in [6.45, 7) is 5.70. The fraction of sp³-hybridized carbons (Fsp3) is 0.385. The van der Waals surface area contributed by atoms with Gasteiger partial charge in [0.25, 0.3) is 5.91 Å². The van der Waals surface area contributed by atoms with Gasteiger partial charge in [-0.15, -0.1) is 0 Å². The average Bonchev–Trinajstić information content (AvgIpc) is 2.92. The molecule has 0 radical (unpaired) electrons. The molecule has 1 amide bonds. The second-order valence-electron chi connectivity index (χ2n) is 5.00. The maximum atomic E-state index is 12.3. The van der Waals surface area contributed by atoms with Gasteiger partial charge in [-0.25, -0.2) is 9.48 Å². The van der Waals surface area contributed by atoms with Crippen LogP contribution in [0.3, 0.4) is 0 Å². The molecular weight excluding hydrogens is 274 g/mol. The van der Waals surface area contributed by atoms with Gasteiger partial charge in [-0.1, -0.05) is 0 Å². The number of rotatable bonds is 4. The standard InChI is InChI=1S/C13H17N5O3/c1-7(2)18-10(5-8(3)16-18)15-12(19)9-6-14-17(4)11(9)13(20)21/h5-7H,1-4H3,(H,15,19)(H,20,21). The van der Waals surface area contributed by atoms with Crippen molar-refractivity contribution in [1.82, 2.24) is 19.6 Å². The number of carbonyl (C=O) groups is 2. The zero-order valence-electron chi connectivity index (χ0n) is 12.3. The Balaban J connectivity index is 2.33. The van der Waals surface area contributed by atoms with Crippen LogP contribution in [-0.4, -0.2) is 36.5 Å². The first-order valence-corrected chi connectivity index (χ1v) is 6.44. The number of nitrogens with zero attached hydrogens (tertiary/aromatic N) is 4. The average molecular weight is 291 g/mol. The summed E-state index contributed by atoms with van der Waals surface area (Å²) in [5, 5.41) is 19.9. The smallest absolute Gasteiger partial charge is 0.354 e. The summed E-state index contributed by atoms with van der Waals surface area (Å²) in [5.74, 6) is -1.20. The Morgan fingerprint density at radius 1 is 1.38 bits per heavy atom. The molecule has 8 nitrogen and oxygen atoms in total. The van der Waals surface area contributed by atoms with Crippen LogP contribution in [0.5, 0.6) is 0 Å². The van der Waals surface area contributed by atoms with Crippen LogP contribution >= 0.6 is 0 Å². The molecule has 2 heterocycles. The molecule has 112 valence electrons. The van der Waals surface area contributed by atoms with E-state index in [1.54, 1.807) is 10.7 Å². The highest BCUT2D eigenvalue weighted by Crippen LogP contribution is 2.18. The van der Waals surface area contributed by atoms with E-state index in [9.17, 15) is 9.59 Å². The van der Waals surface area contributed by atoms with Crippen molar-refractivity contribution in [3.63, 3.8) is 0 Å². The third-order valence-electron chi connectivity index (χ3n) is 2.97. The molecule has 0 unspecified atom stereocenters. The van der Waals surface area contributed by atoms with E-state index in [1.165, 1.54) is 13.2 Å². The summed E-state index contributed by atoms with van der Waals surface area (Å²) in [7, 11) is 1.47. The number of hydrogen-bond donors (Lipinski definition) is 2. The number of anilines is 1. The number of aromatic carboxylic acids is 1. The maximum Gasteiger partial charge on any atom is 0.354 e. The van der Waals surface area contributed by atoms with E-state index in [2.05, 4.69) is 15.5 Å². The number of aryl methyl sites for hydroxylation is 2. The second kappa shape index (κ2) is 5.39. The van der Waals surface area contributed by atoms with Gasteiger partial charge < -0.3 is 10.4 Å². The van der Waals surface area contributed by atoms with Crippen LogP contribution in [0.25, 0.3) is 0 Å². The molecule has 0 aromatic carbocycles. The predicted molar refractivity (Wildman–Crippen MR) is 75.5 cm³/mol. The van der Waals surface area contributed by atoms with Gasteiger partial charge in [0.2, 0.25) is 0 Å². The summed E-state index contributed by atoms with van der Waals surface area (Å²) < 4.78 is 2.83. The normalized spacial score (nSPS) is 10.9. The van der Waals surface area contributed by atoms with E-state index in [4.69, 9.17) is 5.11 Å². The SMILES string of the molecule is Cc1cc(NC(=O)c2cnn(C)c2C(=O)O)n(C(C)C)n1. The number of aromatic nitrogens is 4. The van der Waals surface area contributed by atoms with Gasteiger partial charge in [-0.2, -0.15) is 10.2 Å². The maximum absolute atomic E-state index is 12.3. The van der Waals surface area contributed by atoms with Gasteiger partial charge in [0.15, 0.2) is 5.69 Å². The van der Waals surface area contributed by atoms with Gasteiger partial charge in [0.1, 0.15) is 5.82 Å². The Kier molecular flexibility index (Phi) is 3.79. The van der Waals surface area contributed by atoms with Crippen molar-refractivity contribution in [3.05, 3.63) is 29.2 Å². The van der Waals surface area contributed by atoms with Gasteiger partial charge in [-0.05, 0) is 20.8 Å². The largest absolute Gasteiger partial charge is 0.477 e. The first kappa shape index (κ1) is 14.8. The monoisotopic (exact) mass is 291 g/mol. The van der Waals surface area contributed by atoms with E-state index >= 15 is 0 Å². The van der Waals surface area contributed by atoms with E-state index in [0.717, 1.165) is 10.4 Å². The van der Waals surface area contributed by atoms with Gasteiger partial charge in [-0.3, -0.25) is 9.48 Å². The Morgan fingerprint density at radius 3 is 2.62 bits per heavy atom. The molecule has 0 saturated heterocycles. The van der Waals surface area contributed by atoms with E-state index in [-0.39, 0.29) is 17.3 Å². The van der Waals surface area contributed by atoms with Crippen LogP contribution in [0, 0.1) is 6.92 Å². The lowest BCUT2D eigenvalue weighted by Crippen LogP contribution is -2.19. The number of carboxylic acids is 1. The molecular formula is C13H17N5O3. The summed E-state index contributed by atoms with van der Waals surface area (Å²) in [6, 6.07) is 1.80. The fourth-order valence-corrected chi connectivity index (χ4v) is 2.04. The van der Waals surface area contributed by atoms with Gasteiger partial charge >= 0.3 is 5.97 Å². The summed E-state index contributed by atoms with van der Waals surface area (Å²) in [4.78, 5) is 23.4. The second-order valence-corrected chi connectivity index (χ2v) is 5.00. The number of amides is 1. The molecule has 2 aromatic rings. The third-order valence-corrected chi connectivity index (χ3v) is 2.97. The zero-order chi connectivity index (χ0) is 15.7. The Hall–Kier alpha value is -2.64. The number of nitrogens with one attached hydrogen (secondary N) is 1. The van der Waals surface area contributed by atoms with Crippen molar-refractivity contribution < 1.29 is 14.7 Å². The molecule has 0 aliphatic rings. The summed E-state index contributed by atoms with van der Waals surface area (Å²) in [5.41, 5.74) is 0.627. The molecule has 0 bridgehead atoms. The van der Waals surface area contributed by atoms with Crippen LogP contribution in [0.15, 0.2) is 12.3 Å². The highest BCUT2D eigenvalue weighted by atomic mass is 16.4. The minimum Gasteiger partial charge on any atom is -0.477 e. The molecule has 0 saturated carbocycles. The van der Waals surface area contributed by atoms with Crippen molar-refractivity contribution in [1.29, 1.82) is 0 Å². The number of carboxylic acid groups (broad SMARTS) is 1. The molecule has 2 aromatic heterocycles. The molecule has 0 aliphatic carbocycles. The lowest BCUT2D eigenvalue weighted by molar-refractivity contribution is 0.0680. The zero-order valence-corrected chi connectivity index (χ0v) is 12.3. The van der Waals surface area contributed by atoms with E-state index in [1.807, 2.05) is 20.8 Å². The van der Waals surface area contributed by atoms with Crippen molar-refractivity contribution in [3.8, 4) is 0 Å². The summed E-state index contributed by atoms with van der Waals surface area (Å²) in [6.07, 6.45) is 1.24. The van der Waals surface area contributed by atoms with Crippen LogP contribution in [0.2, 0.25) is 0 Å². The third kappa shape index (κ3) is 2.78. The molecule has 2 N–H and O–H groups in total. The first-order valence-electron chi connectivity index (χ1n) is 6.44. The van der Waals surface area contributed by atoms with Crippen LogP contribution in [-0.2, 0) is 7.05 Å². The molecule has 0 aliphatic heterocycles. The number of hydrogen-bond acceptors (Lipinski definition) is 4. The van der Waals surface area contributed by atoms with Crippen molar-refractivity contribution in [2.75, 3.05) is 5.32 Å². The Morgan fingerprint density at radius 2 is 2.05 bits per heavy atom. The fourth-order valence-electron chi connectivity index (χ4n) is 2.04. The van der Waals surface area contributed by atoms with Gasteiger partial charge in [0, 0.05) is 19.2 Å². The molecule has 0 spiro atoms. The van der Waals surface area contributed by atoms with E-state index in [0.29, 0.717) is 5.82 Å². The van der Waals surface area contributed by atoms with Crippen LogP contribution in [0.1, 0.15) is 46.4 Å². The number of carbonyl (C=O) groups excluding carboxylic acids is 1. The topological polar surface area (TPSA) is 102 Å².